The molecule has 1 heterocycles. The molecular weight excluding hydrogens is 390 g/mol. The van der Waals surface area contributed by atoms with Crippen LogP contribution in [0, 0.1) is 5.21 Å². The second kappa shape index (κ2) is 7.37. The molecule has 1 saturated carbocycles. The number of sulfone groups is 1. The molecule has 0 spiro atoms. The second-order valence-corrected chi connectivity index (χ2v) is 9.74. The van der Waals surface area contributed by atoms with Crippen LogP contribution in [0.4, 0.5) is 0 Å². The molecule has 29 heavy (non-hydrogen) atoms. The number of hydroxylamine groups is 1. The van der Waals surface area contributed by atoms with Crippen molar-refractivity contribution < 1.29 is 22.6 Å². The fraction of sp³-hybridized carbons (Fsp3) is 0.409. The standard InChI is InChI=1S/C22H25NO5S/c1-27-20-12-17-16-6-4-5-7-19(16)23(24)22(18(17)13-21(20)28-2)14-8-10-15(11-9-14)29(3,25)26/h8-13,16,19H,4-7H2,1-3H3. The lowest BCUT2D eigenvalue weighted by Gasteiger charge is -2.36. The van der Waals surface area contributed by atoms with Crippen LogP contribution in [0.15, 0.2) is 41.3 Å². The highest BCUT2D eigenvalue weighted by atomic mass is 32.2. The molecule has 0 amide bonds. The first-order valence-electron chi connectivity index (χ1n) is 9.75. The van der Waals surface area contributed by atoms with Gasteiger partial charge in [-0.3, -0.25) is 0 Å². The van der Waals surface area contributed by atoms with Gasteiger partial charge in [0.1, 0.15) is 0 Å². The molecule has 154 valence electrons. The SMILES string of the molecule is COc1cc2c(cc1OC)C1CCCCC1[N+]([O-])=C2c1ccc(S(C)(=O)=O)cc1. The van der Waals surface area contributed by atoms with Crippen LogP contribution in [-0.4, -0.2) is 45.4 Å². The van der Waals surface area contributed by atoms with E-state index in [4.69, 9.17) is 9.47 Å². The Labute approximate surface area is 171 Å². The van der Waals surface area contributed by atoms with Crippen molar-refractivity contribution in [2.24, 2.45) is 0 Å². The lowest BCUT2D eigenvalue weighted by Crippen LogP contribution is -2.41. The van der Waals surface area contributed by atoms with Crippen molar-refractivity contribution in [3.05, 3.63) is 58.3 Å². The molecule has 6 nitrogen and oxygen atoms in total. The average molecular weight is 416 g/mol. The van der Waals surface area contributed by atoms with Gasteiger partial charge in [-0.05, 0) is 54.8 Å². The summed E-state index contributed by atoms with van der Waals surface area (Å²) in [6, 6.07) is 10.3. The topological polar surface area (TPSA) is 78.7 Å². The van der Waals surface area contributed by atoms with Gasteiger partial charge >= 0.3 is 0 Å². The molecule has 2 aromatic rings. The van der Waals surface area contributed by atoms with Crippen LogP contribution in [-0.2, 0) is 9.84 Å². The van der Waals surface area contributed by atoms with Crippen molar-refractivity contribution >= 4 is 15.5 Å². The number of ether oxygens (including phenoxy) is 2. The first-order chi connectivity index (χ1) is 13.8. The number of fused-ring (bicyclic) bond motifs is 3. The van der Waals surface area contributed by atoms with Gasteiger partial charge in [0.25, 0.3) is 0 Å². The van der Waals surface area contributed by atoms with Gasteiger partial charge in [-0.2, -0.15) is 0 Å². The van der Waals surface area contributed by atoms with Gasteiger partial charge in [0, 0.05) is 24.2 Å². The number of benzene rings is 2. The number of hydrogen-bond donors (Lipinski definition) is 0. The summed E-state index contributed by atoms with van der Waals surface area (Å²) in [5, 5.41) is 13.4. The summed E-state index contributed by atoms with van der Waals surface area (Å²) in [5.41, 5.74) is 3.18. The van der Waals surface area contributed by atoms with Crippen LogP contribution in [0.3, 0.4) is 0 Å². The molecule has 1 aliphatic heterocycles. The Morgan fingerprint density at radius 1 is 1.00 bits per heavy atom. The van der Waals surface area contributed by atoms with Gasteiger partial charge in [0.15, 0.2) is 27.4 Å². The van der Waals surface area contributed by atoms with Gasteiger partial charge in [0.2, 0.25) is 5.71 Å². The first-order valence-corrected chi connectivity index (χ1v) is 11.6. The number of nitrogens with zero attached hydrogens (tertiary/aromatic N) is 1. The third-order valence-electron chi connectivity index (χ3n) is 6.02. The predicted molar refractivity (Wildman–Crippen MR) is 111 cm³/mol. The number of hydrogen-bond acceptors (Lipinski definition) is 5. The molecule has 1 fully saturated rings. The van der Waals surface area contributed by atoms with Crippen LogP contribution < -0.4 is 9.47 Å². The van der Waals surface area contributed by atoms with Crippen LogP contribution in [0.2, 0.25) is 0 Å². The van der Waals surface area contributed by atoms with Gasteiger partial charge in [0.05, 0.1) is 24.7 Å². The van der Waals surface area contributed by atoms with E-state index < -0.39 is 9.84 Å². The summed E-state index contributed by atoms with van der Waals surface area (Å²) in [5.74, 6) is 1.37. The van der Waals surface area contributed by atoms with Crippen LogP contribution in [0.25, 0.3) is 0 Å². The Kier molecular flexibility index (Phi) is 5.02. The summed E-state index contributed by atoms with van der Waals surface area (Å²) >= 11 is 0. The van der Waals surface area contributed by atoms with Crippen molar-refractivity contribution in [1.82, 2.24) is 0 Å². The zero-order chi connectivity index (χ0) is 20.8. The lowest BCUT2D eigenvalue weighted by molar-refractivity contribution is -0.510. The van der Waals surface area contributed by atoms with E-state index in [1.54, 1.807) is 38.5 Å². The summed E-state index contributed by atoms with van der Waals surface area (Å²) in [6.45, 7) is 0. The van der Waals surface area contributed by atoms with Crippen molar-refractivity contribution in [2.75, 3.05) is 20.5 Å². The largest absolute Gasteiger partial charge is 0.623 e. The Bertz CT molecular complexity index is 1070. The van der Waals surface area contributed by atoms with E-state index in [2.05, 4.69) is 0 Å². The third-order valence-corrected chi connectivity index (χ3v) is 7.15. The van der Waals surface area contributed by atoms with Gasteiger partial charge in [-0.15, -0.1) is 0 Å². The van der Waals surface area contributed by atoms with Crippen molar-refractivity contribution in [2.45, 2.75) is 42.5 Å². The maximum atomic E-state index is 13.4. The molecule has 2 unspecified atom stereocenters. The Morgan fingerprint density at radius 2 is 1.62 bits per heavy atom. The minimum Gasteiger partial charge on any atom is -0.623 e. The Morgan fingerprint density at radius 3 is 2.24 bits per heavy atom. The molecule has 0 radical (unpaired) electrons. The molecule has 0 bridgehead atoms. The molecule has 2 aromatic carbocycles. The minimum absolute atomic E-state index is 0.126. The lowest BCUT2D eigenvalue weighted by atomic mass is 9.74. The van der Waals surface area contributed by atoms with Crippen LogP contribution in [0.1, 0.15) is 48.3 Å². The van der Waals surface area contributed by atoms with Crippen LogP contribution in [0.5, 0.6) is 11.5 Å². The molecule has 0 saturated heterocycles. The van der Waals surface area contributed by atoms with Gasteiger partial charge in [-0.25, -0.2) is 13.2 Å². The minimum atomic E-state index is -3.30. The van der Waals surface area contributed by atoms with E-state index in [1.165, 1.54) is 6.26 Å². The molecule has 0 N–H and O–H groups in total. The highest BCUT2D eigenvalue weighted by Gasteiger charge is 2.42. The first kappa shape index (κ1) is 19.8. The van der Waals surface area contributed by atoms with E-state index >= 15 is 0 Å². The van der Waals surface area contributed by atoms with Crippen molar-refractivity contribution in [1.29, 1.82) is 0 Å². The van der Waals surface area contributed by atoms with E-state index in [0.717, 1.165) is 41.5 Å². The maximum Gasteiger partial charge on any atom is 0.226 e. The fourth-order valence-electron chi connectivity index (χ4n) is 4.59. The van der Waals surface area contributed by atoms with E-state index in [1.807, 2.05) is 12.1 Å². The van der Waals surface area contributed by atoms with Gasteiger partial charge in [-0.1, -0.05) is 6.42 Å². The molecule has 4 rings (SSSR count). The quantitative estimate of drug-likeness (QED) is 0.564. The number of rotatable bonds is 4. The monoisotopic (exact) mass is 415 g/mol. The molecular formula is C22H25NO5S. The van der Waals surface area contributed by atoms with Crippen molar-refractivity contribution in [3.63, 3.8) is 0 Å². The highest BCUT2D eigenvalue weighted by molar-refractivity contribution is 7.90. The van der Waals surface area contributed by atoms with Gasteiger partial charge < -0.3 is 14.7 Å². The molecule has 1 aliphatic carbocycles. The fourth-order valence-corrected chi connectivity index (χ4v) is 5.22. The predicted octanol–water partition coefficient (Wildman–Crippen LogP) is 3.49. The summed E-state index contributed by atoms with van der Waals surface area (Å²) in [4.78, 5) is 0.234. The third kappa shape index (κ3) is 3.37. The second-order valence-electron chi connectivity index (χ2n) is 7.72. The van der Waals surface area contributed by atoms with Crippen molar-refractivity contribution in [3.8, 4) is 11.5 Å². The smallest absolute Gasteiger partial charge is 0.226 e. The molecule has 0 aromatic heterocycles. The zero-order valence-corrected chi connectivity index (χ0v) is 17.7. The van der Waals surface area contributed by atoms with Crippen LogP contribution >= 0.6 is 0 Å². The Balaban J connectivity index is 1.93. The van der Waals surface area contributed by atoms with E-state index in [-0.39, 0.29) is 16.9 Å². The zero-order valence-electron chi connectivity index (χ0n) is 16.8. The summed E-state index contributed by atoms with van der Waals surface area (Å²) in [6.07, 6.45) is 5.11. The molecule has 2 aliphatic rings. The molecule has 7 heteroatoms. The normalized spacial score (nSPS) is 21.3. The van der Waals surface area contributed by atoms with E-state index in [0.29, 0.717) is 22.8 Å². The average Bonchev–Trinajstić information content (AvgIpc) is 2.73. The Hall–Kier alpha value is -2.54. The highest BCUT2D eigenvalue weighted by Crippen LogP contribution is 2.44. The molecule has 2 atom stereocenters. The maximum absolute atomic E-state index is 13.4. The number of methoxy groups -OCH3 is 2. The summed E-state index contributed by atoms with van der Waals surface area (Å²) in [7, 11) is -0.114. The van der Waals surface area contributed by atoms with E-state index in [9.17, 15) is 13.6 Å². The summed E-state index contributed by atoms with van der Waals surface area (Å²) < 4.78 is 35.8.